The van der Waals surface area contributed by atoms with Crippen molar-refractivity contribution in [2.75, 3.05) is 11.9 Å². The number of hydrogen-bond donors (Lipinski definition) is 0. The first kappa shape index (κ1) is 19.6. The van der Waals surface area contributed by atoms with E-state index < -0.39 is 0 Å². The molecule has 0 heterocycles. The molecule has 0 fully saturated rings. The van der Waals surface area contributed by atoms with Crippen LogP contribution in [0.1, 0.15) is 6.42 Å². The van der Waals surface area contributed by atoms with Crippen LogP contribution in [0.2, 0.25) is 0 Å². The number of nitro groups is 1. The molecule has 3 nitrogen and oxygen atoms in total. The summed E-state index contributed by atoms with van der Waals surface area (Å²) in [6.45, 7) is 0. The van der Waals surface area contributed by atoms with Crippen LogP contribution in [0.5, 0.6) is 0 Å². The third-order valence-corrected chi connectivity index (χ3v) is 7.60. The minimum atomic E-state index is -0.373. The van der Waals surface area contributed by atoms with E-state index in [2.05, 4.69) is 67.1 Å². The van der Waals surface area contributed by atoms with Crippen molar-refractivity contribution < 1.29 is 4.92 Å². The first-order valence-electron chi connectivity index (χ1n) is 8.80. The van der Waals surface area contributed by atoms with Gasteiger partial charge in [0.25, 0.3) is 5.69 Å². The standard InChI is InChI=1S/C22H21NO2PS/c24-23(25)19-13-15-22(16-14-19)27-18-8-7-17-26(20-9-3-1-4-10-20)21-11-5-2-6-12-21/h1-7,9-16H,8,17-18H2. The topological polar surface area (TPSA) is 43.1 Å². The summed E-state index contributed by atoms with van der Waals surface area (Å²) in [5.74, 6) is 0.977. The van der Waals surface area contributed by atoms with Gasteiger partial charge in [0.15, 0.2) is 0 Å². The lowest BCUT2D eigenvalue weighted by atomic mass is 10.3. The summed E-state index contributed by atoms with van der Waals surface area (Å²) in [7, 11) is -0.373. The molecule has 0 saturated carbocycles. The Morgan fingerprint density at radius 2 is 1.41 bits per heavy atom. The van der Waals surface area contributed by atoms with Gasteiger partial charge in [-0.05, 0) is 55.4 Å². The van der Waals surface area contributed by atoms with E-state index in [-0.39, 0.29) is 18.5 Å². The van der Waals surface area contributed by atoms with Crippen molar-refractivity contribution in [1.82, 2.24) is 0 Å². The average Bonchev–Trinajstić information content (AvgIpc) is 2.72. The molecule has 0 aliphatic carbocycles. The Morgan fingerprint density at radius 1 is 0.852 bits per heavy atom. The Bertz CT molecular complexity index is 802. The average molecular weight is 394 g/mol. The van der Waals surface area contributed by atoms with Gasteiger partial charge in [0, 0.05) is 17.0 Å². The molecule has 5 heteroatoms. The maximum atomic E-state index is 10.7. The van der Waals surface area contributed by atoms with Gasteiger partial charge in [-0.2, -0.15) is 0 Å². The van der Waals surface area contributed by atoms with E-state index in [4.69, 9.17) is 0 Å². The van der Waals surface area contributed by atoms with Crippen LogP contribution in [0.15, 0.2) is 89.8 Å². The minimum absolute atomic E-state index is 0.141. The van der Waals surface area contributed by atoms with E-state index in [1.54, 1.807) is 23.9 Å². The number of unbranched alkanes of at least 4 members (excludes halogenated alkanes) is 1. The molecule has 0 atom stereocenters. The summed E-state index contributed by atoms with van der Waals surface area (Å²) in [5.41, 5.74) is 0.141. The molecule has 0 amide bonds. The zero-order chi connectivity index (χ0) is 18.9. The highest BCUT2D eigenvalue weighted by molar-refractivity contribution is 7.99. The van der Waals surface area contributed by atoms with Crippen LogP contribution in [-0.4, -0.2) is 16.8 Å². The van der Waals surface area contributed by atoms with Gasteiger partial charge in [-0.1, -0.05) is 60.7 Å². The summed E-state index contributed by atoms with van der Waals surface area (Å²) in [5, 5.41) is 13.5. The number of non-ortho nitro benzene ring substituents is 1. The predicted molar refractivity (Wildman–Crippen MR) is 117 cm³/mol. The highest BCUT2D eigenvalue weighted by atomic mass is 32.2. The van der Waals surface area contributed by atoms with Gasteiger partial charge >= 0.3 is 0 Å². The lowest BCUT2D eigenvalue weighted by Gasteiger charge is -2.18. The quantitative estimate of drug-likeness (QED) is 0.160. The first-order valence-corrected chi connectivity index (χ1v) is 11.3. The molecule has 3 aromatic carbocycles. The van der Waals surface area contributed by atoms with Crippen LogP contribution < -0.4 is 10.6 Å². The third-order valence-electron chi connectivity index (χ3n) is 4.09. The van der Waals surface area contributed by atoms with Crippen LogP contribution >= 0.6 is 19.7 Å². The molecule has 0 saturated heterocycles. The predicted octanol–water partition coefficient (Wildman–Crippen LogP) is 5.41. The molecule has 27 heavy (non-hydrogen) atoms. The largest absolute Gasteiger partial charge is 0.269 e. The molecule has 0 aliphatic heterocycles. The molecule has 0 aliphatic rings. The SMILES string of the molecule is O=[N+]([O-])c1ccc(SCC[CH]CP(c2ccccc2)c2ccccc2)cc1. The summed E-state index contributed by atoms with van der Waals surface area (Å²) in [6, 6.07) is 28.2. The van der Waals surface area contributed by atoms with E-state index in [1.807, 2.05) is 12.1 Å². The van der Waals surface area contributed by atoms with Crippen LogP contribution in [0.3, 0.4) is 0 Å². The number of thioether (sulfide) groups is 1. The Balaban J connectivity index is 1.51. The van der Waals surface area contributed by atoms with Crippen LogP contribution in [-0.2, 0) is 0 Å². The molecule has 1 radical (unpaired) electrons. The Kier molecular flexibility index (Phi) is 7.44. The fraction of sp³-hybridized carbons (Fsp3) is 0.136. The zero-order valence-corrected chi connectivity index (χ0v) is 16.6. The molecule has 3 aromatic rings. The normalized spacial score (nSPS) is 10.9. The molecule has 0 N–H and O–H groups in total. The molecule has 0 spiro atoms. The lowest BCUT2D eigenvalue weighted by molar-refractivity contribution is -0.384. The van der Waals surface area contributed by atoms with Crippen LogP contribution in [0, 0.1) is 16.5 Å². The number of nitro benzene ring substituents is 1. The van der Waals surface area contributed by atoms with Gasteiger partial charge in [-0.15, -0.1) is 11.8 Å². The second kappa shape index (κ2) is 10.2. The molecular formula is C22H21NO2PS. The third kappa shape index (κ3) is 5.92. The van der Waals surface area contributed by atoms with Gasteiger partial charge in [-0.3, -0.25) is 10.1 Å². The van der Waals surface area contributed by atoms with Crippen molar-refractivity contribution in [2.24, 2.45) is 0 Å². The molecule has 137 valence electrons. The minimum Gasteiger partial charge on any atom is -0.258 e. The summed E-state index contributed by atoms with van der Waals surface area (Å²) >= 11 is 1.74. The van der Waals surface area contributed by atoms with E-state index in [9.17, 15) is 10.1 Å². The maximum absolute atomic E-state index is 10.7. The molecule has 3 rings (SSSR count). The van der Waals surface area contributed by atoms with Crippen molar-refractivity contribution in [2.45, 2.75) is 11.3 Å². The number of benzene rings is 3. The molecular weight excluding hydrogens is 373 g/mol. The summed E-state index contributed by atoms with van der Waals surface area (Å²) < 4.78 is 0. The summed E-state index contributed by atoms with van der Waals surface area (Å²) in [4.78, 5) is 11.4. The van der Waals surface area contributed by atoms with Gasteiger partial charge in [-0.25, -0.2) is 0 Å². The highest BCUT2D eigenvalue weighted by Crippen LogP contribution is 2.34. The highest BCUT2D eigenvalue weighted by Gasteiger charge is 2.13. The van der Waals surface area contributed by atoms with Crippen LogP contribution in [0.4, 0.5) is 5.69 Å². The molecule has 0 aromatic heterocycles. The Hall–Kier alpha value is -2.16. The van der Waals surface area contributed by atoms with E-state index in [0.717, 1.165) is 23.2 Å². The first-order chi connectivity index (χ1) is 13.2. The second-order valence-electron chi connectivity index (χ2n) is 5.96. The van der Waals surface area contributed by atoms with E-state index >= 15 is 0 Å². The van der Waals surface area contributed by atoms with E-state index in [1.165, 1.54) is 10.6 Å². The van der Waals surface area contributed by atoms with Crippen molar-refractivity contribution >= 4 is 36.0 Å². The second-order valence-corrected chi connectivity index (χ2v) is 9.38. The lowest BCUT2D eigenvalue weighted by Crippen LogP contribution is -2.14. The monoisotopic (exact) mass is 394 g/mol. The summed E-state index contributed by atoms with van der Waals surface area (Å²) in [6.07, 6.45) is 4.45. The number of rotatable bonds is 9. The van der Waals surface area contributed by atoms with E-state index in [0.29, 0.717) is 0 Å². The smallest absolute Gasteiger partial charge is 0.258 e. The van der Waals surface area contributed by atoms with Crippen LogP contribution in [0.25, 0.3) is 0 Å². The number of hydrogen-bond acceptors (Lipinski definition) is 3. The Labute approximate surface area is 165 Å². The Morgan fingerprint density at radius 3 is 1.93 bits per heavy atom. The molecule has 0 unspecified atom stereocenters. The van der Waals surface area contributed by atoms with Gasteiger partial charge in [0.05, 0.1) is 4.92 Å². The van der Waals surface area contributed by atoms with Gasteiger partial charge in [0.2, 0.25) is 0 Å². The van der Waals surface area contributed by atoms with Gasteiger partial charge in [0.1, 0.15) is 0 Å². The van der Waals surface area contributed by atoms with Crippen molar-refractivity contribution in [3.8, 4) is 0 Å². The molecule has 0 bridgehead atoms. The maximum Gasteiger partial charge on any atom is 0.269 e. The zero-order valence-electron chi connectivity index (χ0n) is 14.9. The van der Waals surface area contributed by atoms with Crippen molar-refractivity contribution in [3.05, 3.63) is 101 Å². The fourth-order valence-corrected chi connectivity index (χ4v) is 5.79. The fourth-order valence-electron chi connectivity index (χ4n) is 2.72. The van der Waals surface area contributed by atoms with Gasteiger partial charge < -0.3 is 0 Å². The number of nitrogens with zero attached hydrogens (tertiary/aromatic N) is 1. The van der Waals surface area contributed by atoms with Crippen molar-refractivity contribution in [3.63, 3.8) is 0 Å². The van der Waals surface area contributed by atoms with Crippen molar-refractivity contribution in [1.29, 1.82) is 0 Å².